The van der Waals surface area contributed by atoms with Crippen molar-refractivity contribution < 1.29 is 4.90 Å². The Morgan fingerprint density at radius 3 is 2.33 bits per heavy atom. The number of rotatable bonds is 1. The second-order valence-corrected chi connectivity index (χ2v) is 2.21. The van der Waals surface area contributed by atoms with Crippen molar-refractivity contribution in [2.75, 3.05) is 7.05 Å². The maximum absolute atomic E-state index is 3.98. The van der Waals surface area contributed by atoms with Gasteiger partial charge in [0.15, 0.2) is 0 Å². The van der Waals surface area contributed by atoms with Gasteiger partial charge in [0.1, 0.15) is 0 Å². The maximum Gasteiger partial charge on any atom is 0.226 e. The summed E-state index contributed by atoms with van der Waals surface area (Å²) in [4.78, 5) is 1.25. The van der Waals surface area contributed by atoms with Crippen molar-refractivity contribution in [1.29, 1.82) is 0 Å². The van der Waals surface area contributed by atoms with Crippen LogP contribution >= 0.6 is 0 Å². The van der Waals surface area contributed by atoms with E-state index in [-0.39, 0.29) is 0 Å². The first-order chi connectivity index (χ1) is 4.25. The van der Waals surface area contributed by atoms with E-state index in [1.165, 1.54) is 4.90 Å². The van der Waals surface area contributed by atoms with E-state index < -0.39 is 0 Å². The van der Waals surface area contributed by atoms with Gasteiger partial charge in [-0.05, 0) is 0 Å². The lowest BCUT2D eigenvalue weighted by Crippen LogP contribution is -3.12. The third-order valence-electron chi connectivity index (χ3n) is 1.63. The first-order valence-corrected chi connectivity index (χ1v) is 3.21. The fourth-order valence-electron chi connectivity index (χ4n) is 0.830. The lowest BCUT2D eigenvalue weighted by Gasteiger charge is -2.03. The monoisotopic (exact) mass is 126 g/mol. The van der Waals surface area contributed by atoms with Gasteiger partial charge in [0.05, 0.1) is 7.05 Å². The van der Waals surface area contributed by atoms with Gasteiger partial charge < -0.3 is 0 Å². The summed E-state index contributed by atoms with van der Waals surface area (Å²) >= 11 is 0. The molecule has 1 unspecified atom stereocenters. The maximum atomic E-state index is 3.98. The molecular weight excluding hydrogens is 114 g/mol. The molecule has 0 aromatic rings. The van der Waals surface area contributed by atoms with Crippen LogP contribution in [0.2, 0.25) is 0 Å². The Bertz CT molecular complexity index is 169. The molecule has 1 N–H and O–H groups in total. The van der Waals surface area contributed by atoms with Crippen LogP contribution in [0.5, 0.6) is 0 Å². The van der Waals surface area contributed by atoms with Crippen LogP contribution in [0.3, 0.4) is 0 Å². The van der Waals surface area contributed by atoms with Gasteiger partial charge in [-0.2, -0.15) is 0 Å². The minimum atomic E-state index is 0.993. The van der Waals surface area contributed by atoms with E-state index in [2.05, 4.69) is 24.2 Å². The number of hydrogen-bond acceptors (Lipinski definition) is 2. The molecule has 50 valence electrons. The highest BCUT2D eigenvalue weighted by Gasteiger charge is 2.18. The predicted octanol–water partition coefficient (Wildman–Crippen LogP) is -0.343. The van der Waals surface area contributed by atoms with Gasteiger partial charge in [0.2, 0.25) is 11.7 Å². The third kappa shape index (κ3) is 1.00. The van der Waals surface area contributed by atoms with Crippen LogP contribution in [-0.2, 0) is 0 Å². The number of hydrogen-bond donors (Lipinski definition) is 1. The molecule has 0 aromatic heterocycles. The molecular formula is C6H12N3+. The zero-order valence-electron chi connectivity index (χ0n) is 6.10. The van der Waals surface area contributed by atoms with Gasteiger partial charge in [-0.15, -0.1) is 0 Å². The summed E-state index contributed by atoms with van der Waals surface area (Å²) in [6, 6.07) is 0. The second kappa shape index (κ2) is 2.27. The summed E-state index contributed by atoms with van der Waals surface area (Å²) in [5, 5.41) is 7.92. The van der Waals surface area contributed by atoms with Crippen LogP contribution in [0.15, 0.2) is 10.2 Å². The quantitative estimate of drug-likeness (QED) is 0.498. The first kappa shape index (κ1) is 6.42. The summed E-state index contributed by atoms with van der Waals surface area (Å²) < 4.78 is 0. The Labute approximate surface area is 55.1 Å². The van der Waals surface area contributed by atoms with Crippen LogP contribution in [0, 0.1) is 0 Å². The average Bonchev–Trinajstić information content (AvgIpc) is 2.15. The van der Waals surface area contributed by atoms with Crippen LogP contribution in [0.4, 0.5) is 0 Å². The van der Waals surface area contributed by atoms with E-state index in [4.69, 9.17) is 0 Å². The lowest BCUT2D eigenvalue weighted by molar-refractivity contribution is -0.674. The van der Waals surface area contributed by atoms with Crippen molar-refractivity contribution in [3.63, 3.8) is 0 Å². The molecule has 1 heterocycles. The van der Waals surface area contributed by atoms with Crippen LogP contribution < -0.4 is 4.90 Å². The van der Waals surface area contributed by atoms with E-state index in [9.17, 15) is 0 Å². The molecule has 3 heteroatoms. The molecule has 0 saturated carbocycles. The highest BCUT2D eigenvalue weighted by atomic mass is 15.4. The highest BCUT2D eigenvalue weighted by Crippen LogP contribution is 1.85. The zero-order valence-corrected chi connectivity index (χ0v) is 6.10. The van der Waals surface area contributed by atoms with Crippen molar-refractivity contribution in [2.45, 2.75) is 20.3 Å². The van der Waals surface area contributed by atoms with Crippen molar-refractivity contribution >= 4 is 11.7 Å². The Hall–Kier alpha value is -0.700. The molecule has 0 amide bonds. The number of amidine groups is 2. The molecule has 0 fully saturated rings. The zero-order chi connectivity index (χ0) is 6.85. The third-order valence-corrected chi connectivity index (χ3v) is 1.63. The molecule has 0 bridgehead atoms. The fraction of sp³-hybridized carbons (Fsp3) is 0.667. The summed E-state index contributed by atoms with van der Waals surface area (Å²) in [7, 11) is 2.06. The summed E-state index contributed by atoms with van der Waals surface area (Å²) in [6.07, 6.45) is 0.993. The number of nitrogens with one attached hydrogen (secondary N) is 1. The van der Waals surface area contributed by atoms with E-state index >= 15 is 0 Å². The molecule has 1 aliphatic heterocycles. The molecule has 3 nitrogen and oxygen atoms in total. The van der Waals surface area contributed by atoms with Crippen molar-refractivity contribution in [3.8, 4) is 0 Å². The molecule has 0 aromatic carbocycles. The van der Waals surface area contributed by atoms with Gasteiger partial charge in [0, 0.05) is 13.3 Å². The molecule has 0 saturated heterocycles. The molecule has 0 spiro atoms. The predicted molar refractivity (Wildman–Crippen MR) is 37.7 cm³/mol. The molecule has 1 aliphatic rings. The minimum Gasteiger partial charge on any atom is -0.245 e. The van der Waals surface area contributed by atoms with Crippen LogP contribution in [0.1, 0.15) is 20.3 Å². The minimum absolute atomic E-state index is 0.993. The Kier molecular flexibility index (Phi) is 1.62. The molecule has 1 rings (SSSR count). The Balaban J connectivity index is 2.67. The van der Waals surface area contributed by atoms with Gasteiger partial charge in [-0.25, -0.2) is 4.90 Å². The van der Waals surface area contributed by atoms with Crippen molar-refractivity contribution in [1.82, 2.24) is 0 Å². The summed E-state index contributed by atoms with van der Waals surface area (Å²) in [5.74, 6) is 2.19. The average molecular weight is 126 g/mol. The fourth-order valence-corrected chi connectivity index (χ4v) is 0.830. The van der Waals surface area contributed by atoms with Crippen LogP contribution in [-0.4, -0.2) is 18.7 Å². The number of quaternary nitrogens is 1. The molecule has 9 heavy (non-hydrogen) atoms. The normalized spacial score (nSPS) is 25.9. The molecule has 1 atom stereocenters. The van der Waals surface area contributed by atoms with Gasteiger partial charge in [-0.1, -0.05) is 17.1 Å². The molecule has 0 radical (unpaired) electrons. The standard InChI is InChI=1S/C6H11N3/c1-4-6-8-7-5(2)9(6)3/h4H2,1-3H3/p+1. The van der Waals surface area contributed by atoms with Gasteiger partial charge in [-0.3, -0.25) is 0 Å². The highest BCUT2D eigenvalue weighted by molar-refractivity contribution is 5.88. The number of nitrogens with zero attached hydrogens (tertiary/aromatic N) is 2. The molecule has 0 aliphatic carbocycles. The Morgan fingerprint density at radius 1 is 1.44 bits per heavy atom. The smallest absolute Gasteiger partial charge is 0.226 e. The second-order valence-electron chi connectivity index (χ2n) is 2.21. The topological polar surface area (TPSA) is 29.2 Å². The van der Waals surface area contributed by atoms with E-state index in [0.717, 1.165) is 18.1 Å². The van der Waals surface area contributed by atoms with E-state index in [1.54, 1.807) is 0 Å². The SMILES string of the molecule is CCC1=NN=C(C)[NH+]1C. The van der Waals surface area contributed by atoms with Gasteiger partial charge >= 0.3 is 0 Å². The van der Waals surface area contributed by atoms with Crippen LogP contribution in [0.25, 0.3) is 0 Å². The van der Waals surface area contributed by atoms with E-state index in [1.807, 2.05) is 6.92 Å². The largest absolute Gasteiger partial charge is 0.245 e. The summed E-state index contributed by atoms with van der Waals surface area (Å²) in [6.45, 7) is 4.08. The van der Waals surface area contributed by atoms with Gasteiger partial charge in [0.25, 0.3) is 0 Å². The first-order valence-electron chi connectivity index (χ1n) is 3.21. The summed E-state index contributed by atoms with van der Waals surface area (Å²) in [5.41, 5.74) is 0. The lowest BCUT2D eigenvalue weighted by atomic mass is 10.4. The van der Waals surface area contributed by atoms with Crippen molar-refractivity contribution in [3.05, 3.63) is 0 Å². The van der Waals surface area contributed by atoms with Crippen molar-refractivity contribution in [2.24, 2.45) is 10.2 Å². The Morgan fingerprint density at radius 2 is 2.11 bits per heavy atom. The van der Waals surface area contributed by atoms with E-state index in [0.29, 0.717) is 0 Å².